The first-order valence-corrected chi connectivity index (χ1v) is 4.70. The molecule has 0 spiro atoms. The number of aryl methyl sites for hydroxylation is 1. The van der Waals surface area contributed by atoms with Crippen LogP contribution in [0.1, 0.15) is 12.7 Å². The predicted octanol–water partition coefficient (Wildman–Crippen LogP) is -0.0132. The number of nitrogens with two attached hydrogens (primary N) is 1. The minimum Gasteiger partial charge on any atom is -0.409 e. The van der Waals surface area contributed by atoms with Crippen LogP contribution >= 0.6 is 0 Å². The molecule has 1 heterocycles. The van der Waals surface area contributed by atoms with E-state index < -0.39 is 0 Å². The minimum absolute atomic E-state index is 0.119. The van der Waals surface area contributed by atoms with E-state index in [1.165, 1.54) is 0 Å². The Balaban J connectivity index is 2.64. The number of imidazole rings is 1. The largest absolute Gasteiger partial charge is 0.409 e. The van der Waals surface area contributed by atoms with Gasteiger partial charge in [0.25, 0.3) is 0 Å². The van der Waals surface area contributed by atoms with Crippen molar-refractivity contribution in [3.63, 3.8) is 0 Å². The molecule has 0 fully saturated rings. The average Bonchev–Trinajstić information content (AvgIpc) is 2.62. The quantitative estimate of drug-likeness (QED) is 0.317. The number of rotatable bonds is 4. The molecular formula is C9H17N5O. The van der Waals surface area contributed by atoms with E-state index >= 15 is 0 Å². The number of nitrogens with zero attached hydrogens (tertiary/aromatic N) is 4. The van der Waals surface area contributed by atoms with E-state index in [0.717, 1.165) is 5.82 Å². The van der Waals surface area contributed by atoms with Crippen LogP contribution in [0.2, 0.25) is 0 Å². The van der Waals surface area contributed by atoms with Gasteiger partial charge in [0.1, 0.15) is 5.82 Å². The Morgan fingerprint density at radius 1 is 1.80 bits per heavy atom. The molecule has 0 aromatic carbocycles. The maximum atomic E-state index is 8.55. The Kier molecular flexibility index (Phi) is 3.68. The molecule has 0 saturated heterocycles. The molecule has 1 aromatic rings. The monoisotopic (exact) mass is 211 g/mol. The van der Waals surface area contributed by atoms with Gasteiger partial charge in [-0.1, -0.05) is 5.16 Å². The van der Waals surface area contributed by atoms with Gasteiger partial charge in [-0.15, -0.1) is 0 Å². The van der Waals surface area contributed by atoms with Crippen LogP contribution in [-0.4, -0.2) is 38.6 Å². The molecule has 1 rings (SSSR count). The molecule has 84 valence electrons. The molecule has 3 N–H and O–H groups in total. The van der Waals surface area contributed by atoms with Crippen molar-refractivity contribution in [3.8, 4) is 0 Å². The van der Waals surface area contributed by atoms with Crippen molar-refractivity contribution in [2.45, 2.75) is 19.5 Å². The normalized spacial score (nSPS) is 14.5. The van der Waals surface area contributed by atoms with Gasteiger partial charge in [0.2, 0.25) is 0 Å². The highest BCUT2D eigenvalue weighted by Gasteiger charge is 2.15. The summed E-state index contributed by atoms with van der Waals surface area (Å²) in [5, 5.41) is 11.5. The summed E-state index contributed by atoms with van der Waals surface area (Å²) in [6.45, 7) is 2.53. The SMILES string of the molecule is CC(C(N)=NO)N(C)Cc1nccn1C. The summed E-state index contributed by atoms with van der Waals surface area (Å²) in [7, 11) is 3.84. The smallest absolute Gasteiger partial charge is 0.156 e. The van der Waals surface area contributed by atoms with Crippen LogP contribution in [0.3, 0.4) is 0 Å². The zero-order chi connectivity index (χ0) is 11.4. The van der Waals surface area contributed by atoms with Crippen molar-refractivity contribution in [1.29, 1.82) is 0 Å². The third kappa shape index (κ3) is 2.69. The molecule has 6 heteroatoms. The summed E-state index contributed by atoms with van der Waals surface area (Å²) in [5.41, 5.74) is 5.52. The van der Waals surface area contributed by atoms with Gasteiger partial charge in [-0.05, 0) is 14.0 Å². The average molecular weight is 211 g/mol. The number of aromatic nitrogens is 2. The molecule has 0 radical (unpaired) electrons. The van der Waals surface area contributed by atoms with E-state index in [9.17, 15) is 0 Å². The fourth-order valence-corrected chi connectivity index (χ4v) is 1.22. The Labute approximate surface area is 89.0 Å². The summed E-state index contributed by atoms with van der Waals surface area (Å²) in [6.07, 6.45) is 3.63. The molecule has 0 amide bonds. The predicted molar refractivity (Wildman–Crippen MR) is 57.5 cm³/mol. The number of hydrogen-bond donors (Lipinski definition) is 2. The standard InChI is InChI=1S/C9H17N5O/c1-7(9(10)12-15)14(3)6-8-11-4-5-13(8)2/h4-5,7,15H,6H2,1-3H3,(H2,10,12). The first-order valence-electron chi connectivity index (χ1n) is 4.70. The van der Waals surface area contributed by atoms with Crippen LogP contribution in [0.5, 0.6) is 0 Å². The Morgan fingerprint density at radius 3 is 2.93 bits per heavy atom. The van der Waals surface area contributed by atoms with Gasteiger partial charge >= 0.3 is 0 Å². The summed E-state index contributed by atoms with van der Waals surface area (Å²) >= 11 is 0. The van der Waals surface area contributed by atoms with E-state index in [1.807, 2.05) is 36.7 Å². The summed E-state index contributed by atoms with van der Waals surface area (Å²) in [5.74, 6) is 1.14. The van der Waals surface area contributed by atoms with Crippen molar-refractivity contribution in [1.82, 2.24) is 14.5 Å². The molecule has 1 unspecified atom stereocenters. The van der Waals surface area contributed by atoms with Crippen molar-refractivity contribution >= 4 is 5.84 Å². The second-order valence-electron chi connectivity index (χ2n) is 3.57. The highest BCUT2D eigenvalue weighted by Crippen LogP contribution is 2.03. The highest BCUT2D eigenvalue weighted by molar-refractivity contribution is 5.84. The second kappa shape index (κ2) is 4.79. The third-order valence-corrected chi connectivity index (χ3v) is 2.52. The molecular weight excluding hydrogens is 194 g/mol. The van der Waals surface area contributed by atoms with Gasteiger partial charge < -0.3 is 15.5 Å². The first kappa shape index (κ1) is 11.5. The zero-order valence-electron chi connectivity index (χ0n) is 9.25. The molecule has 0 bridgehead atoms. The number of likely N-dealkylation sites (N-methyl/N-ethyl adjacent to an activating group) is 1. The van der Waals surface area contributed by atoms with Gasteiger partial charge in [0, 0.05) is 19.4 Å². The lowest BCUT2D eigenvalue weighted by molar-refractivity contribution is 0.272. The molecule has 6 nitrogen and oxygen atoms in total. The molecule has 1 atom stereocenters. The van der Waals surface area contributed by atoms with E-state index in [2.05, 4.69) is 10.1 Å². The first-order chi connectivity index (χ1) is 7.06. The highest BCUT2D eigenvalue weighted by atomic mass is 16.4. The summed E-state index contributed by atoms with van der Waals surface area (Å²) < 4.78 is 1.94. The second-order valence-corrected chi connectivity index (χ2v) is 3.57. The van der Waals surface area contributed by atoms with E-state index in [-0.39, 0.29) is 11.9 Å². The number of hydrogen-bond acceptors (Lipinski definition) is 4. The van der Waals surface area contributed by atoms with Gasteiger partial charge in [-0.3, -0.25) is 4.90 Å². The van der Waals surface area contributed by atoms with E-state index in [0.29, 0.717) is 6.54 Å². The lowest BCUT2D eigenvalue weighted by Crippen LogP contribution is -2.40. The van der Waals surface area contributed by atoms with Crippen molar-refractivity contribution in [2.24, 2.45) is 17.9 Å². The third-order valence-electron chi connectivity index (χ3n) is 2.52. The fourth-order valence-electron chi connectivity index (χ4n) is 1.22. The number of oxime groups is 1. The van der Waals surface area contributed by atoms with E-state index in [4.69, 9.17) is 10.9 Å². The van der Waals surface area contributed by atoms with Gasteiger partial charge in [0.05, 0.1) is 12.6 Å². The maximum Gasteiger partial charge on any atom is 0.156 e. The Hall–Kier alpha value is -1.56. The van der Waals surface area contributed by atoms with Crippen LogP contribution in [0, 0.1) is 0 Å². The Morgan fingerprint density at radius 2 is 2.47 bits per heavy atom. The van der Waals surface area contributed by atoms with Crippen LogP contribution in [0.4, 0.5) is 0 Å². The number of amidine groups is 1. The van der Waals surface area contributed by atoms with Gasteiger partial charge in [-0.25, -0.2) is 4.98 Å². The lowest BCUT2D eigenvalue weighted by atomic mass is 10.3. The van der Waals surface area contributed by atoms with Crippen molar-refractivity contribution < 1.29 is 5.21 Å². The van der Waals surface area contributed by atoms with Crippen LogP contribution in [-0.2, 0) is 13.6 Å². The topological polar surface area (TPSA) is 79.7 Å². The maximum absolute atomic E-state index is 8.55. The molecule has 0 aliphatic carbocycles. The molecule has 0 saturated carbocycles. The Bertz CT molecular complexity index is 346. The van der Waals surface area contributed by atoms with Crippen LogP contribution in [0.25, 0.3) is 0 Å². The molecule has 15 heavy (non-hydrogen) atoms. The summed E-state index contributed by atoms with van der Waals surface area (Å²) in [6, 6.07) is -0.119. The van der Waals surface area contributed by atoms with Crippen LogP contribution in [0.15, 0.2) is 17.5 Å². The van der Waals surface area contributed by atoms with Gasteiger partial charge in [0.15, 0.2) is 5.84 Å². The lowest BCUT2D eigenvalue weighted by Gasteiger charge is -2.22. The minimum atomic E-state index is -0.119. The molecule has 0 aliphatic rings. The molecule has 0 aliphatic heterocycles. The van der Waals surface area contributed by atoms with E-state index in [1.54, 1.807) is 6.20 Å². The van der Waals surface area contributed by atoms with Gasteiger partial charge in [-0.2, -0.15) is 0 Å². The fraction of sp³-hybridized carbons (Fsp3) is 0.556. The van der Waals surface area contributed by atoms with Crippen molar-refractivity contribution in [2.75, 3.05) is 7.05 Å². The zero-order valence-corrected chi connectivity index (χ0v) is 9.25. The van der Waals surface area contributed by atoms with Crippen LogP contribution < -0.4 is 5.73 Å². The molecule has 1 aromatic heterocycles. The van der Waals surface area contributed by atoms with Crippen molar-refractivity contribution in [3.05, 3.63) is 18.2 Å². The summed E-state index contributed by atoms with van der Waals surface area (Å²) in [4.78, 5) is 6.16.